The highest BCUT2D eigenvalue weighted by molar-refractivity contribution is 5.81. The van der Waals surface area contributed by atoms with E-state index in [0.29, 0.717) is 5.69 Å². The fourth-order valence-corrected chi connectivity index (χ4v) is 1.68. The summed E-state index contributed by atoms with van der Waals surface area (Å²) < 4.78 is 37.3. The van der Waals surface area contributed by atoms with E-state index in [0.717, 1.165) is 17.7 Å². The van der Waals surface area contributed by atoms with Crippen LogP contribution in [0.4, 0.5) is 18.9 Å². The molecule has 0 aromatic heterocycles. The average molecular weight is 257 g/mol. The lowest BCUT2D eigenvalue weighted by Gasteiger charge is -2.24. The summed E-state index contributed by atoms with van der Waals surface area (Å²) in [5, 5.41) is 0. The second kappa shape index (κ2) is 4.88. The van der Waals surface area contributed by atoms with Crippen LogP contribution in [0.2, 0.25) is 0 Å². The van der Waals surface area contributed by atoms with E-state index >= 15 is 0 Å². The molecule has 0 radical (unpaired) electrons. The van der Waals surface area contributed by atoms with Gasteiger partial charge in [0.1, 0.15) is 6.54 Å². The van der Waals surface area contributed by atoms with Crippen LogP contribution in [0.25, 0.3) is 0 Å². The van der Waals surface area contributed by atoms with Crippen molar-refractivity contribution in [3.63, 3.8) is 0 Å². The number of alkyl halides is 3. The molecule has 0 spiro atoms. The minimum absolute atomic E-state index is 0.0685. The first kappa shape index (κ1) is 12.7. The summed E-state index contributed by atoms with van der Waals surface area (Å²) in [6.07, 6.45) is -2.79. The highest BCUT2D eigenvalue weighted by Gasteiger charge is 2.39. The molecule has 0 saturated heterocycles. The Bertz CT molecular complexity index is 424. The predicted octanol–water partition coefficient (Wildman–Crippen LogP) is 2.66. The summed E-state index contributed by atoms with van der Waals surface area (Å²) in [6.45, 7) is -1.04. The zero-order valence-corrected chi connectivity index (χ0v) is 9.69. The third-order valence-corrected chi connectivity index (χ3v) is 2.63. The molecule has 0 heterocycles. The van der Waals surface area contributed by atoms with Crippen LogP contribution in [0, 0.1) is 0 Å². The standard InChI is InChI=1S/C12H14F3N3/c13-12(14,15)8-18(10-6-7-10)11(16)17-9-4-2-1-3-5-9/h1-5,10H,6-8H2,(H2,16,17). The first-order valence-electron chi connectivity index (χ1n) is 5.68. The molecule has 3 nitrogen and oxygen atoms in total. The van der Waals surface area contributed by atoms with Gasteiger partial charge in [-0.15, -0.1) is 0 Å². The van der Waals surface area contributed by atoms with Crippen LogP contribution in [0.3, 0.4) is 0 Å². The Kier molecular flexibility index (Phi) is 3.45. The first-order chi connectivity index (χ1) is 8.46. The summed E-state index contributed by atoms with van der Waals surface area (Å²) in [5.41, 5.74) is 6.23. The zero-order valence-electron chi connectivity index (χ0n) is 9.69. The van der Waals surface area contributed by atoms with E-state index < -0.39 is 12.7 Å². The lowest BCUT2D eigenvalue weighted by Crippen LogP contribution is -2.44. The number of guanidine groups is 1. The number of rotatable bonds is 3. The van der Waals surface area contributed by atoms with E-state index in [2.05, 4.69) is 4.99 Å². The Balaban J connectivity index is 2.13. The van der Waals surface area contributed by atoms with E-state index in [1.165, 1.54) is 0 Å². The average Bonchev–Trinajstić information content (AvgIpc) is 3.10. The maximum Gasteiger partial charge on any atom is 0.406 e. The maximum absolute atomic E-state index is 12.4. The van der Waals surface area contributed by atoms with Gasteiger partial charge in [0.05, 0.1) is 5.69 Å². The van der Waals surface area contributed by atoms with Crippen molar-refractivity contribution in [2.45, 2.75) is 25.1 Å². The lowest BCUT2D eigenvalue weighted by molar-refractivity contribution is -0.138. The van der Waals surface area contributed by atoms with E-state index in [9.17, 15) is 13.2 Å². The number of aliphatic imine (C=N–C) groups is 1. The Hall–Kier alpha value is -1.72. The van der Waals surface area contributed by atoms with Gasteiger partial charge in [-0.2, -0.15) is 13.2 Å². The molecular weight excluding hydrogens is 243 g/mol. The molecule has 1 aliphatic carbocycles. The molecule has 0 atom stereocenters. The van der Waals surface area contributed by atoms with E-state index in [1.807, 2.05) is 6.07 Å². The summed E-state index contributed by atoms with van der Waals surface area (Å²) in [7, 11) is 0. The van der Waals surface area contributed by atoms with Gasteiger partial charge < -0.3 is 10.6 Å². The molecule has 1 aliphatic rings. The van der Waals surface area contributed by atoms with Crippen molar-refractivity contribution in [2.24, 2.45) is 10.7 Å². The molecule has 2 N–H and O–H groups in total. The summed E-state index contributed by atoms with van der Waals surface area (Å²) in [5.74, 6) is -0.0685. The van der Waals surface area contributed by atoms with Gasteiger partial charge in [-0.1, -0.05) is 18.2 Å². The van der Waals surface area contributed by atoms with Gasteiger partial charge in [0.15, 0.2) is 5.96 Å². The summed E-state index contributed by atoms with van der Waals surface area (Å²) in [4.78, 5) is 5.16. The molecule has 2 rings (SSSR count). The Labute approximate surface area is 103 Å². The van der Waals surface area contributed by atoms with Crippen LogP contribution in [0.15, 0.2) is 35.3 Å². The molecule has 1 aromatic rings. The summed E-state index contributed by atoms with van der Waals surface area (Å²) in [6, 6.07) is 8.61. The second-order valence-electron chi connectivity index (χ2n) is 4.28. The van der Waals surface area contributed by atoms with Crippen LogP contribution >= 0.6 is 0 Å². The van der Waals surface area contributed by atoms with Gasteiger partial charge in [0.2, 0.25) is 0 Å². The molecule has 1 saturated carbocycles. The highest BCUT2D eigenvalue weighted by atomic mass is 19.4. The van der Waals surface area contributed by atoms with Crippen LogP contribution in [0.1, 0.15) is 12.8 Å². The van der Waals surface area contributed by atoms with Crippen molar-refractivity contribution in [1.82, 2.24) is 4.90 Å². The number of nitrogens with two attached hydrogens (primary N) is 1. The second-order valence-corrected chi connectivity index (χ2v) is 4.28. The van der Waals surface area contributed by atoms with Crippen LogP contribution < -0.4 is 5.73 Å². The van der Waals surface area contributed by atoms with Crippen molar-refractivity contribution in [2.75, 3.05) is 6.54 Å². The molecule has 18 heavy (non-hydrogen) atoms. The number of nitrogens with zero attached hydrogens (tertiary/aromatic N) is 2. The number of para-hydroxylation sites is 1. The predicted molar refractivity (Wildman–Crippen MR) is 63.5 cm³/mol. The molecule has 0 unspecified atom stereocenters. The Morgan fingerprint density at radius 3 is 2.39 bits per heavy atom. The van der Waals surface area contributed by atoms with Gasteiger partial charge in [-0.3, -0.25) is 0 Å². The summed E-state index contributed by atoms with van der Waals surface area (Å²) >= 11 is 0. The quantitative estimate of drug-likeness (QED) is 0.668. The van der Waals surface area contributed by atoms with Gasteiger partial charge in [-0.25, -0.2) is 4.99 Å². The fraction of sp³-hybridized carbons (Fsp3) is 0.417. The number of hydrogen-bond donors (Lipinski definition) is 1. The molecule has 0 bridgehead atoms. The number of benzene rings is 1. The Morgan fingerprint density at radius 2 is 1.89 bits per heavy atom. The monoisotopic (exact) mass is 257 g/mol. The van der Waals surface area contributed by atoms with Crippen molar-refractivity contribution >= 4 is 11.6 Å². The third kappa shape index (κ3) is 3.65. The lowest BCUT2D eigenvalue weighted by atomic mass is 10.3. The number of hydrogen-bond acceptors (Lipinski definition) is 1. The van der Waals surface area contributed by atoms with Gasteiger partial charge in [-0.05, 0) is 25.0 Å². The minimum Gasteiger partial charge on any atom is -0.369 e. The Morgan fingerprint density at radius 1 is 1.28 bits per heavy atom. The maximum atomic E-state index is 12.4. The van der Waals surface area contributed by atoms with Crippen molar-refractivity contribution in [3.05, 3.63) is 30.3 Å². The molecule has 1 aromatic carbocycles. The van der Waals surface area contributed by atoms with Crippen molar-refractivity contribution in [1.29, 1.82) is 0 Å². The first-order valence-corrected chi connectivity index (χ1v) is 5.68. The van der Waals surface area contributed by atoms with Crippen LogP contribution in [0.5, 0.6) is 0 Å². The topological polar surface area (TPSA) is 41.6 Å². The molecule has 1 fully saturated rings. The van der Waals surface area contributed by atoms with Gasteiger partial charge >= 0.3 is 6.18 Å². The largest absolute Gasteiger partial charge is 0.406 e. The van der Waals surface area contributed by atoms with Crippen LogP contribution in [-0.2, 0) is 0 Å². The van der Waals surface area contributed by atoms with Gasteiger partial charge in [0, 0.05) is 6.04 Å². The van der Waals surface area contributed by atoms with Crippen molar-refractivity contribution < 1.29 is 13.2 Å². The van der Waals surface area contributed by atoms with E-state index in [-0.39, 0.29) is 12.0 Å². The zero-order chi connectivity index (χ0) is 13.2. The smallest absolute Gasteiger partial charge is 0.369 e. The minimum atomic E-state index is -4.26. The fourth-order valence-electron chi connectivity index (χ4n) is 1.68. The highest BCUT2D eigenvalue weighted by Crippen LogP contribution is 2.30. The number of halogens is 3. The van der Waals surface area contributed by atoms with Crippen LogP contribution in [-0.4, -0.2) is 29.6 Å². The van der Waals surface area contributed by atoms with E-state index in [1.54, 1.807) is 24.3 Å². The van der Waals surface area contributed by atoms with E-state index in [4.69, 9.17) is 5.73 Å². The molecule has 98 valence electrons. The molecule has 0 aliphatic heterocycles. The van der Waals surface area contributed by atoms with Gasteiger partial charge in [0.25, 0.3) is 0 Å². The molecular formula is C12H14F3N3. The van der Waals surface area contributed by atoms with Crippen molar-refractivity contribution in [3.8, 4) is 0 Å². The SMILES string of the molecule is NC(=Nc1ccccc1)N(CC(F)(F)F)C1CC1. The third-order valence-electron chi connectivity index (χ3n) is 2.63. The molecule has 6 heteroatoms. The molecule has 0 amide bonds. The normalized spacial score (nSPS) is 16.7.